The summed E-state index contributed by atoms with van der Waals surface area (Å²) < 4.78 is 75.8. The van der Waals surface area contributed by atoms with Crippen molar-refractivity contribution in [3.63, 3.8) is 0 Å². The molecule has 4 aromatic heterocycles. The molecule has 24 nitrogen and oxygen atoms in total. The van der Waals surface area contributed by atoms with E-state index < -0.39 is 100 Å². The SMILES string of the molecule is [B][P+]1(OCCC#N)OCC2OC(n3cnc4c(=O)[nH]c(NC(=O)C(C)C)nc43)C(OP(=S)(OCCC#N)OCC3OC(n4cnc5c(NC(=O)c6ccccc6)ncnc54)C(F)C3O1)C2OC. The van der Waals surface area contributed by atoms with Crippen molar-refractivity contribution in [1.29, 1.82) is 10.5 Å². The number of fused-ring (bicyclic) bond motifs is 5. The van der Waals surface area contributed by atoms with Gasteiger partial charge in [-0.1, -0.05) is 32.0 Å². The lowest BCUT2D eigenvalue weighted by atomic mass is 10.1. The largest absolute Gasteiger partial charge is 0.488 e. The van der Waals surface area contributed by atoms with Crippen molar-refractivity contribution in [3.8, 4) is 12.1 Å². The summed E-state index contributed by atoms with van der Waals surface area (Å²) in [7, 11) is 3.96. The second-order valence-electron chi connectivity index (χ2n) is 15.2. The maximum Gasteiger partial charge on any atom is 0.488 e. The van der Waals surface area contributed by atoms with E-state index in [0.29, 0.717) is 5.56 Å². The maximum atomic E-state index is 17.2. The van der Waals surface area contributed by atoms with Gasteiger partial charge in [-0.25, -0.2) is 24.3 Å². The molecule has 8 rings (SSSR count). The monoisotopic (exact) mass is 981 g/mol. The number of ether oxygens (including phenoxy) is 3. The topological polar surface area (TPSA) is 296 Å². The van der Waals surface area contributed by atoms with Gasteiger partial charge < -0.3 is 28.6 Å². The molecule has 2 bridgehead atoms. The number of aromatic amines is 1. The van der Waals surface area contributed by atoms with Gasteiger partial charge in [-0.2, -0.15) is 29.1 Å². The first-order valence-corrected chi connectivity index (χ1v) is 24.7. The van der Waals surface area contributed by atoms with E-state index in [0.717, 1.165) is 6.33 Å². The molecule has 2 radical (unpaired) electrons. The number of carbonyl (C=O) groups excluding carboxylic acids is 2. The number of nitriles is 2. The molecule has 0 spiro atoms. The normalized spacial score (nSPS) is 28.8. The van der Waals surface area contributed by atoms with Crippen LogP contribution in [0.3, 0.4) is 0 Å². The second kappa shape index (κ2) is 20.5. The molecule has 350 valence electrons. The first kappa shape index (κ1) is 48.2. The van der Waals surface area contributed by atoms with Crippen molar-refractivity contribution in [2.75, 3.05) is 44.2 Å². The van der Waals surface area contributed by atoms with Gasteiger partial charge >= 0.3 is 22.1 Å². The number of hydrogen-bond donors (Lipinski definition) is 3. The van der Waals surface area contributed by atoms with E-state index in [2.05, 4.69) is 40.5 Å². The molecule has 10 atom stereocenters. The van der Waals surface area contributed by atoms with Crippen LogP contribution >= 0.6 is 14.5 Å². The molecular formula is C38H41BFN12O12P2S+. The van der Waals surface area contributed by atoms with Crippen LogP contribution in [0.4, 0.5) is 16.2 Å². The Kier molecular flexibility index (Phi) is 14.8. The average molecular weight is 982 g/mol. The zero-order chi connectivity index (χ0) is 47.5. The van der Waals surface area contributed by atoms with E-state index in [-0.39, 0.29) is 60.1 Å². The molecule has 5 aromatic rings. The van der Waals surface area contributed by atoms with Gasteiger partial charge in [0.15, 0.2) is 52.9 Å². The summed E-state index contributed by atoms with van der Waals surface area (Å²) in [4.78, 5) is 62.9. The number of benzene rings is 1. The number of anilines is 2. The Morgan fingerprint density at radius 3 is 2.45 bits per heavy atom. The number of hydrogen-bond acceptors (Lipinski definition) is 20. The Balaban J connectivity index is 1.15. The number of alkyl halides is 1. The minimum atomic E-state index is -4.15. The van der Waals surface area contributed by atoms with E-state index in [9.17, 15) is 24.9 Å². The van der Waals surface area contributed by atoms with Crippen LogP contribution in [0, 0.1) is 28.6 Å². The van der Waals surface area contributed by atoms with Gasteiger partial charge in [0.05, 0.1) is 50.8 Å². The lowest BCUT2D eigenvalue weighted by Gasteiger charge is -2.30. The fourth-order valence-electron chi connectivity index (χ4n) is 7.25. The smallest absolute Gasteiger partial charge is 0.376 e. The summed E-state index contributed by atoms with van der Waals surface area (Å²) in [6.07, 6.45) is -7.97. The van der Waals surface area contributed by atoms with Crippen LogP contribution in [0.25, 0.3) is 22.3 Å². The molecule has 3 fully saturated rings. The molecule has 3 saturated heterocycles. The summed E-state index contributed by atoms with van der Waals surface area (Å²) in [6, 6.07) is 12.3. The van der Waals surface area contributed by atoms with E-state index in [1.165, 1.54) is 28.9 Å². The van der Waals surface area contributed by atoms with Gasteiger partial charge in [0.2, 0.25) is 11.9 Å². The summed E-state index contributed by atoms with van der Waals surface area (Å²) in [6.45, 7) is -2.32. The van der Waals surface area contributed by atoms with Crippen molar-refractivity contribution >= 4 is 79.8 Å². The number of aromatic nitrogens is 8. The van der Waals surface area contributed by atoms with Gasteiger partial charge in [0.25, 0.3) is 11.5 Å². The molecule has 3 aliphatic heterocycles. The fraction of sp³-hybridized carbons (Fsp3) is 0.474. The number of methoxy groups -OCH3 is 1. The van der Waals surface area contributed by atoms with Gasteiger partial charge in [-0.05, 0) is 23.9 Å². The Hall–Kier alpha value is -5.25. The first-order chi connectivity index (χ1) is 32.2. The predicted molar refractivity (Wildman–Crippen MR) is 236 cm³/mol. The third kappa shape index (κ3) is 10.3. The molecule has 3 N–H and O–H groups in total. The summed E-state index contributed by atoms with van der Waals surface area (Å²) in [5.41, 5.74) is -0.291. The molecule has 0 aliphatic carbocycles. The number of nitrogens with one attached hydrogen (secondary N) is 3. The molecule has 10 unspecified atom stereocenters. The van der Waals surface area contributed by atoms with Crippen LogP contribution < -0.4 is 16.2 Å². The van der Waals surface area contributed by atoms with Crippen molar-refractivity contribution in [2.24, 2.45) is 5.92 Å². The van der Waals surface area contributed by atoms with E-state index >= 15 is 4.39 Å². The van der Waals surface area contributed by atoms with Gasteiger partial charge in [0.1, 0.15) is 44.0 Å². The molecule has 1 aromatic carbocycles. The molecule has 0 saturated carbocycles. The van der Waals surface area contributed by atoms with Crippen LogP contribution in [0.15, 0.2) is 54.1 Å². The minimum absolute atomic E-state index is 0.0346. The standard InChI is InChI=1S/C38H41BFN12O12P2S/c1-20(2)33(53)49-38-48-32-26(35(55)50-38)46-19-52(32)37-29-28(56-3)23(62-37)15-59-65(39,57-13-7-11-41)63-27-22(16-60-66(67,64-29)58-14-8-12-42)61-36(24(27)40)51-18-45-25-30(43-17-44-31(25)51)47-34(54)21-9-5-4-6-10-21/h4-6,9-10,17-20,22-24,27-29,36-37H,7-8,13-16H2,1-3H3,(H,43,44,47,54)(H2,48,49,50,53,55)/q+1. The van der Waals surface area contributed by atoms with Crippen LogP contribution in [-0.2, 0) is 58.0 Å². The number of carbonyl (C=O) groups is 2. The Morgan fingerprint density at radius 2 is 1.72 bits per heavy atom. The highest BCUT2D eigenvalue weighted by Gasteiger charge is 2.58. The zero-order valence-corrected chi connectivity index (χ0v) is 38.3. The molecule has 29 heteroatoms. The van der Waals surface area contributed by atoms with Crippen molar-refractivity contribution < 1.29 is 55.3 Å². The maximum absolute atomic E-state index is 17.2. The number of imidazole rings is 2. The highest BCUT2D eigenvalue weighted by atomic mass is 32.5. The summed E-state index contributed by atoms with van der Waals surface area (Å²) in [5, 5.41) is 24.1. The number of halogens is 1. The Morgan fingerprint density at radius 1 is 1.00 bits per heavy atom. The fourth-order valence-corrected chi connectivity index (χ4v) is 10.8. The number of amides is 2. The molecule has 3 aliphatic rings. The number of nitrogens with zero attached hydrogens (tertiary/aromatic N) is 9. The van der Waals surface area contributed by atoms with Crippen molar-refractivity contribution in [1.82, 2.24) is 39.0 Å². The van der Waals surface area contributed by atoms with Crippen LogP contribution in [0.1, 0.15) is 49.5 Å². The highest BCUT2D eigenvalue weighted by molar-refractivity contribution is 8.07. The van der Waals surface area contributed by atoms with Crippen molar-refractivity contribution in [2.45, 2.75) is 75.8 Å². The first-order valence-electron chi connectivity index (χ1n) is 20.5. The van der Waals surface area contributed by atoms with E-state index in [1.807, 2.05) is 12.1 Å². The van der Waals surface area contributed by atoms with E-state index in [4.69, 9.17) is 60.7 Å². The Labute approximate surface area is 386 Å². The van der Waals surface area contributed by atoms with Crippen LogP contribution in [0.2, 0.25) is 0 Å². The molecule has 67 heavy (non-hydrogen) atoms. The van der Waals surface area contributed by atoms with Gasteiger partial charge in [-0.15, -0.1) is 0 Å². The summed E-state index contributed by atoms with van der Waals surface area (Å²) in [5.74, 6) is -1.47. The predicted octanol–water partition coefficient (Wildman–Crippen LogP) is 3.70. The minimum Gasteiger partial charge on any atom is -0.376 e. The number of H-pyrrole nitrogens is 1. The van der Waals surface area contributed by atoms with Gasteiger partial charge in [-0.3, -0.25) is 38.3 Å². The lowest BCUT2D eigenvalue weighted by Crippen LogP contribution is -2.37. The van der Waals surface area contributed by atoms with E-state index in [1.54, 1.807) is 44.2 Å². The van der Waals surface area contributed by atoms with Crippen molar-refractivity contribution in [3.05, 3.63) is 65.2 Å². The molecule has 7 heterocycles. The molecular weight excluding hydrogens is 940 g/mol. The van der Waals surface area contributed by atoms with Gasteiger partial charge in [0, 0.05) is 18.6 Å². The lowest BCUT2D eigenvalue weighted by molar-refractivity contribution is -0.118. The second-order valence-corrected chi connectivity index (χ2v) is 20.0. The average Bonchev–Trinajstić information content (AvgIpc) is 4.09. The Bertz CT molecular complexity index is 2820. The van der Waals surface area contributed by atoms with Crippen LogP contribution in [0.5, 0.6) is 0 Å². The van der Waals surface area contributed by atoms with Crippen LogP contribution in [-0.4, -0.2) is 129 Å². The zero-order valence-electron chi connectivity index (χ0n) is 35.7. The third-order valence-corrected chi connectivity index (χ3v) is 14.4. The summed E-state index contributed by atoms with van der Waals surface area (Å²) >= 11 is 5.97. The molecule has 2 amide bonds. The highest BCUT2D eigenvalue weighted by Crippen LogP contribution is 2.62. The third-order valence-electron chi connectivity index (χ3n) is 10.5. The number of rotatable bonds is 13. The quantitative estimate of drug-likeness (QED) is 0.0861.